The lowest BCUT2D eigenvalue weighted by molar-refractivity contribution is 0.358. The molecule has 116 valence electrons. The van der Waals surface area contributed by atoms with Crippen molar-refractivity contribution < 1.29 is 8.42 Å². The van der Waals surface area contributed by atoms with Crippen LogP contribution in [0.15, 0.2) is 11.1 Å². The first kappa shape index (κ1) is 13.7. The number of sulfonamides is 1. The number of hydrogen-bond acceptors (Lipinski definition) is 4. The summed E-state index contributed by atoms with van der Waals surface area (Å²) >= 11 is 0. The first-order valence-electron chi connectivity index (χ1n) is 7.79. The fourth-order valence-electron chi connectivity index (χ4n) is 3.94. The highest BCUT2D eigenvalue weighted by atomic mass is 32.2. The van der Waals surface area contributed by atoms with Crippen LogP contribution in [0, 0.1) is 5.92 Å². The SMILES string of the molecule is Cn1nc(C2CC2)cc1S(=O)(=O)N[C@]12CCC[C@H]1CNC2. The molecule has 7 heteroatoms. The Kier molecular flexibility index (Phi) is 2.96. The van der Waals surface area contributed by atoms with Gasteiger partial charge in [0.2, 0.25) is 0 Å². The minimum atomic E-state index is -3.51. The summed E-state index contributed by atoms with van der Waals surface area (Å²) in [6.07, 6.45) is 5.39. The quantitative estimate of drug-likeness (QED) is 0.859. The lowest BCUT2D eigenvalue weighted by Gasteiger charge is -2.29. The molecule has 1 saturated heterocycles. The maximum absolute atomic E-state index is 12.8. The zero-order chi connectivity index (χ0) is 14.7. The van der Waals surface area contributed by atoms with E-state index in [0.29, 0.717) is 16.9 Å². The summed E-state index contributed by atoms with van der Waals surface area (Å²) < 4.78 is 30.1. The van der Waals surface area contributed by atoms with Crippen LogP contribution in [0.3, 0.4) is 0 Å². The molecule has 0 bridgehead atoms. The van der Waals surface area contributed by atoms with Crippen LogP contribution in [0.4, 0.5) is 0 Å². The number of aromatic nitrogens is 2. The van der Waals surface area contributed by atoms with Gasteiger partial charge in [0.15, 0.2) is 5.03 Å². The Morgan fingerprint density at radius 3 is 3.00 bits per heavy atom. The fraction of sp³-hybridized carbons (Fsp3) is 0.786. The molecule has 0 radical (unpaired) electrons. The number of nitrogens with zero attached hydrogens (tertiary/aromatic N) is 2. The largest absolute Gasteiger partial charge is 0.315 e. The molecule has 2 aliphatic carbocycles. The van der Waals surface area contributed by atoms with E-state index in [-0.39, 0.29) is 5.54 Å². The van der Waals surface area contributed by atoms with Crippen LogP contribution in [-0.4, -0.2) is 36.8 Å². The number of fused-ring (bicyclic) bond motifs is 1. The fourth-order valence-corrected chi connectivity index (χ4v) is 5.58. The third-order valence-electron chi connectivity index (χ3n) is 5.25. The van der Waals surface area contributed by atoms with Crippen molar-refractivity contribution in [2.24, 2.45) is 13.0 Å². The Morgan fingerprint density at radius 2 is 2.24 bits per heavy atom. The molecule has 3 aliphatic rings. The molecule has 4 rings (SSSR count). The van der Waals surface area contributed by atoms with Crippen LogP contribution in [0.25, 0.3) is 0 Å². The third kappa shape index (κ3) is 2.22. The summed E-state index contributed by atoms with van der Waals surface area (Å²) in [5.74, 6) is 0.883. The van der Waals surface area contributed by atoms with Gasteiger partial charge in [0.1, 0.15) is 0 Å². The molecule has 3 fully saturated rings. The Labute approximate surface area is 125 Å². The topological polar surface area (TPSA) is 76.0 Å². The van der Waals surface area contributed by atoms with Crippen molar-refractivity contribution in [1.82, 2.24) is 19.8 Å². The second-order valence-electron chi connectivity index (χ2n) is 6.79. The minimum Gasteiger partial charge on any atom is -0.315 e. The van der Waals surface area contributed by atoms with E-state index in [4.69, 9.17) is 0 Å². The van der Waals surface area contributed by atoms with Gasteiger partial charge < -0.3 is 5.32 Å². The number of nitrogens with one attached hydrogen (secondary N) is 2. The van der Waals surface area contributed by atoms with Crippen LogP contribution >= 0.6 is 0 Å². The second kappa shape index (κ2) is 4.54. The summed E-state index contributed by atoms with van der Waals surface area (Å²) in [6, 6.07) is 1.75. The summed E-state index contributed by atoms with van der Waals surface area (Å²) in [6.45, 7) is 1.66. The number of rotatable bonds is 4. The number of hydrogen-bond donors (Lipinski definition) is 2. The summed E-state index contributed by atoms with van der Waals surface area (Å²) in [5.41, 5.74) is 0.631. The maximum atomic E-state index is 12.8. The average molecular weight is 310 g/mol. The van der Waals surface area contributed by atoms with Gasteiger partial charge in [-0.2, -0.15) is 5.10 Å². The Bertz CT molecular complexity index is 653. The van der Waals surface area contributed by atoms with Crippen molar-refractivity contribution in [3.05, 3.63) is 11.8 Å². The highest BCUT2D eigenvalue weighted by Crippen LogP contribution is 2.41. The first-order valence-corrected chi connectivity index (χ1v) is 9.27. The van der Waals surface area contributed by atoms with Crippen LogP contribution in [0.2, 0.25) is 0 Å². The summed E-state index contributed by atoms with van der Waals surface area (Å²) in [7, 11) is -1.79. The van der Waals surface area contributed by atoms with E-state index in [0.717, 1.165) is 50.9 Å². The van der Waals surface area contributed by atoms with Gasteiger partial charge in [-0.15, -0.1) is 0 Å². The van der Waals surface area contributed by atoms with Gasteiger partial charge in [0, 0.05) is 31.1 Å². The summed E-state index contributed by atoms with van der Waals surface area (Å²) in [5, 5.41) is 8.02. The normalized spacial score (nSPS) is 32.5. The molecule has 6 nitrogen and oxygen atoms in total. The zero-order valence-electron chi connectivity index (χ0n) is 12.3. The van der Waals surface area contributed by atoms with E-state index < -0.39 is 10.0 Å². The first-order chi connectivity index (χ1) is 10.0. The molecular weight excluding hydrogens is 288 g/mol. The monoisotopic (exact) mass is 310 g/mol. The lowest BCUT2D eigenvalue weighted by atomic mass is 9.92. The van der Waals surface area contributed by atoms with Gasteiger partial charge in [-0.1, -0.05) is 6.42 Å². The van der Waals surface area contributed by atoms with Gasteiger partial charge in [0.05, 0.1) is 5.69 Å². The van der Waals surface area contributed by atoms with Gasteiger partial charge in [-0.05, 0) is 38.1 Å². The molecule has 2 heterocycles. The van der Waals surface area contributed by atoms with Crippen molar-refractivity contribution >= 4 is 10.0 Å². The zero-order valence-corrected chi connectivity index (χ0v) is 13.1. The van der Waals surface area contributed by atoms with Crippen molar-refractivity contribution in [3.63, 3.8) is 0 Å². The van der Waals surface area contributed by atoms with Gasteiger partial charge >= 0.3 is 0 Å². The van der Waals surface area contributed by atoms with E-state index in [9.17, 15) is 8.42 Å². The Balaban J connectivity index is 1.64. The van der Waals surface area contributed by atoms with Crippen molar-refractivity contribution in [2.75, 3.05) is 13.1 Å². The number of aryl methyl sites for hydroxylation is 1. The van der Waals surface area contributed by atoms with Gasteiger partial charge in [-0.3, -0.25) is 4.68 Å². The molecule has 1 aliphatic heterocycles. The van der Waals surface area contributed by atoms with Crippen LogP contribution in [0.1, 0.15) is 43.7 Å². The minimum absolute atomic E-state index is 0.289. The predicted molar refractivity (Wildman–Crippen MR) is 78.4 cm³/mol. The van der Waals surface area contributed by atoms with Gasteiger partial charge in [-0.25, -0.2) is 13.1 Å². The van der Waals surface area contributed by atoms with E-state index in [1.807, 2.05) is 0 Å². The molecule has 2 atom stereocenters. The predicted octanol–water partition coefficient (Wildman–Crippen LogP) is 0.718. The van der Waals surface area contributed by atoms with Gasteiger partial charge in [0.25, 0.3) is 10.0 Å². The Hall–Kier alpha value is -0.920. The van der Waals surface area contributed by atoms with Crippen LogP contribution in [0.5, 0.6) is 0 Å². The van der Waals surface area contributed by atoms with E-state index in [1.165, 1.54) is 4.68 Å². The standard InChI is InChI=1S/C14H22N4O2S/c1-18-13(7-12(16-18)10-4-5-10)21(19,20)17-14-6-2-3-11(14)8-15-9-14/h7,10-11,15,17H,2-6,8-9H2,1H3/t11-,14-/m0/s1. The third-order valence-corrected chi connectivity index (χ3v) is 6.86. The van der Waals surface area contributed by atoms with Crippen molar-refractivity contribution in [2.45, 2.75) is 48.6 Å². The highest BCUT2D eigenvalue weighted by molar-refractivity contribution is 7.89. The molecule has 2 N–H and O–H groups in total. The average Bonchev–Trinajstić information content (AvgIpc) is 2.91. The van der Waals surface area contributed by atoms with Crippen molar-refractivity contribution in [3.8, 4) is 0 Å². The molecule has 2 saturated carbocycles. The lowest BCUT2D eigenvalue weighted by Crippen LogP contribution is -2.51. The van der Waals surface area contributed by atoms with E-state index in [2.05, 4.69) is 15.1 Å². The smallest absolute Gasteiger partial charge is 0.258 e. The highest BCUT2D eigenvalue weighted by Gasteiger charge is 2.49. The molecule has 0 aromatic carbocycles. The van der Waals surface area contributed by atoms with E-state index >= 15 is 0 Å². The second-order valence-corrected chi connectivity index (χ2v) is 8.42. The molecule has 1 aromatic heterocycles. The molecule has 0 amide bonds. The van der Waals surface area contributed by atoms with E-state index in [1.54, 1.807) is 13.1 Å². The maximum Gasteiger partial charge on any atom is 0.258 e. The van der Waals surface area contributed by atoms with Crippen molar-refractivity contribution in [1.29, 1.82) is 0 Å². The summed E-state index contributed by atoms with van der Waals surface area (Å²) in [4.78, 5) is 0. The van der Waals surface area contributed by atoms with Crippen LogP contribution < -0.4 is 10.0 Å². The molecule has 21 heavy (non-hydrogen) atoms. The van der Waals surface area contributed by atoms with Crippen LogP contribution in [-0.2, 0) is 17.1 Å². The molecule has 1 aromatic rings. The molecule has 0 unspecified atom stereocenters. The Morgan fingerprint density at radius 1 is 1.43 bits per heavy atom. The molecular formula is C14H22N4O2S. The molecule has 0 spiro atoms.